The van der Waals surface area contributed by atoms with Crippen LogP contribution in [0.2, 0.25) is 0 Å². The van der Waals surface area contributed by atoms with Crippen molar-refractivity contribution in [2.75, 3.05) is 5.73 Å². The monoisotopic (exact) mass is 270 g/mol. The van der Waals surface area contributed by atoms with Crippen molar-refractivity contribution in [2.24, 2.45) is 29.4 Å². The molecule has 0 amide bonds. The minimum Gasteiger partial charge on any atom is -0.398 e. The van der Waals surface area contributed by atoms with Crippen molar-refractivity contribution >= 4 is 5.69 Å². The van der Waals surface area contributed by atoms with Crippen LogP contribution in [0, 0.1) is 23.7 Å². The van der Waals surface area contributed by atoms with Crippen LogP contribution in [0.25, 0.3) is 0 Å². The van der Waals surface area contributed by atoms with Crippen LogP contribution >= 0.6 is 0 Å². The van der Waals surface area contributed by atoms with Crippen molar-refractivity contribution in [3.05, 3.63) is 29.3 Å². The first kappa shape index (κ1) is 12.7. The number of rotatable bonds is 2. The minimum absolute atomic E-state index is 0.0341. The van der Waals surface area contributed by atoms with E-state index < -0.39 is 0 Å². The van der Waals surface area contributed by atoms with Crippen molar-refractivity contribution in [2.45, 2.75) is 51.0 Å². The van der Waals surface area contributed by atoms with E-state index in [9.17, 15) is 0 Å². The summed E-state index contributed by atoms with van der Waals surface area (Å²) in [5.74, 6) is 4.71. The first-order chi connectivity index (χ1) is 9.61. The molecule has 1 aromatic carbocycles. The summed E-state index contributed by atoms with van der Waals surface area (Å²) in [6.45, 7) is 2.03. The molecule has 1 atom stereocenters. The van der Waals surface area contributed by atoms with Gasteiger partial charge in [0.15, 0.2) is 0 Å². The Morgan fingerprint density at radius 1 is 1.00 bits per heavy atom. The summed E-state index contributed by atoms with van der Waals surface area (Å²) in [6, 6.07) is 6.70. The Morgan fingerprint density at radius 3 is 2.15 bits per heavy atom. The molecule has 4 aliphatic carbocycles. The zero-order valence-corrected chi connectivity index (χ0v) is 12.4. The fraction of sp³-hybridized carbons (Fsp3) is 0.667. The van der Waals surface area contributed by atoms with Gasteiger partial charge >= 0.3 is 0 Å². The van der Waals surface area contributed by atoms with Crippen molar-refractivity contribution in [1.29, 1.82) is 0 Å². The number of nitrogens with two attached hydrogens (primary N) is 2. The molecule has 0 aliphatic heterocycles. The van der Waals surface area contributed by atoms with Crippen molar-refractivity contribution in [3.8, 4) is 0 Å². The van der Waals surface area contributed by atoms with E-state index in [1.807, 2.05) is 6.92 Å². The molecule has 0 heterocycles. The van der Waals surface area contributed by atoms with Gasteiger partial charge in [-0.2, -0.15) is 0 Å². The zero-order valence-electron chi connectivity index (χ0n) is 12.4. The molecular formula is C18H26N2. The van der Waals surface area contributed by atoms with Gasteiger partial charge < -0.3 is 11.5 Å². The Morgan fingerprint density at radius 2 is 1.60 bits per heavy atom. The van der Waals surface area contributed by atoms with Gasteiger partial charge in [0.1, 0.15) is 0 Å². The lowest BCUT2D eigenvalue weighted by Gasteiger charge is -2.54. The summed E-state index contributed by atoms with van der Waals surface area (Å²) in [7, 11) is 0. The average molecular weight is 270 g/mol. The van der Waals surface area contributed by atoms with E-state index in [1.165, 1.54) is 37.7 Å². The molecule has 0 radical (unpaired) electrons. The van der Waals surface area contributed by atoms with Gasteiger partial charge in [-0.1, -0.05) is 12.1 Å². The fourth-order valence-corrected chi connectivity index (χ4v) is 5.66. The summed E-state index contributed by atoms with van der Waals surface area (Å²) < 4.78 is 0. The Labute approximate surface area is 121 Å². The molecular weight excluding hydrogens is 244 g/mol. The lowest BCUT2D eigenvalue weighted by atomic mass is 9.50. The molecule has 0 saturated heterocycles. The van der Waals surface area contributed by atoms with Crippen LogP contribution in [0.5, 0.6) is 0 Å². The van der Waals surface area contributed by atoms with Crippen LogP contribution < -0.4 is 11.5 Å². The van der Waals surface area contributed by atoms with Crippen molar-refractivity contribution < 1.29 is 0 Å². The molecule has 4 bridgehead atoms. The highest BCUT2D eigenvalue weighted by atomic mass is 14.7. The van der Waals surface area contributed by atoms with Crippen molar-refractivity contribution in [1.82, 2.24) is 0 Å². The summed E-state index contributed by atoms with van der Waals surface area (Å²) in [6.07, 6.45) is 7.39. The third-order valence-electron chi connectivity index (χ3n) is 6.21. The third kappa shape index (κ3) is 1.88. The maximum absolute atomic E-state index is 6.08. The molecule has 4 fully saturated rings. The molecule has 4 aliphatic rings. The largest absolute Gasteiger partial charge is 0.398 e. The van der Waals surface area contributed by atoms with Gasteiger partial charge in [-0.05, 0) is 85.8 Å². The Hall–Kier alpha value is -1.02. The minimum atomic E-state index is 0.0341. The Balaban J connectivity index is 1.69. The molecule has 5 rings (SSSR count). The standard InChI is InChI=1S/C18H26N2/c1-10(19)16-9-13(2-3-17(16)20)18-14-5-11-4-12(7-14)8-15(18)6-11/h2-3,9-12,14-15,18H,4-8,19-20H2,1H3. The lowest BCUT2D eigenvalue weighted by Crippen LogP contribution is -2.43. The second-order valence-electron chi connectivity index (χ2n) is 7.63. The van der Waals surface area contributed by atoms with Crippen LogP contribution in [-0.4, -0.2) is 0 Å². The van der Waals surface area contributed by atoms with Gasteiger partial charge in [-0.3, -0.25) is 0 Å². The highest BCUT2D eigenvalue weighted by Gasteiger charge is 2.48. The zero-order chi connectivity index (χ0) is 13.9. The SMILES string of the molecule is CC(N)c1cc(C2C3CC4CC(C3)CC2C4)ccc1N. The quantitative estimate of drug-likeness (QED) is 0.802. The summed E-state index contributed by atoms with van der Waals surface area (Å²) in [5.41, 5.74) is 15.7. The summed E-state index contributed by atoms with van der Waals surface area (Å²) in [5, 5.41) is 0. The highest BCUT2D eigenvalue weighted by molar-refractivity contribution is 5.51. The van der Waals surface area contributed by atoms with E-state index in [1.54, 1.807) is 0 Å². The molecule has 2 heteroatoms. The maximum Gasteiger partial charge on any atom is 0.0362 e. The van der Waals surface area contributed by atoms with Crippen LogP contribution in [0.15, 0.2) is 18.2 Å². The van der Waals surface area contributed by atoms with E-state index in [0.717, 1.165) is 40.8 Å². The maximum atomic E-state index is 6.08. The predicted molar refractivity (Wildman–Crippen MR) is 83.2 cm³/mol. The number of hydrogen-bond acceptors (Lipinski definition) is 2. The molecule has 20 heavy (non-hydrogen) atoms. The molecule has 1 unspecified atom stereocenters. The third-order valence-corrected chi connectivity index (χ3v) is 6.21. The number of anilines is 1. The van der Waals surface area contributed by atoms with Gasteiger partial charge in [0.25, 0.3) is 0 Å². The van der Waals surface area contributed by atoms with Gasteiger partial charge in [-0.25, -0.2) is 0 Å². The van der Waals surface area contributed by atoms with Crippen LogP contribution in [0.3, 0.4) is 0 Å². The number of benzene rings is 1. The Kier molecular flexibility index (Phi) is 2.85. The molecule has 0 aromatic heterocycles. The lowest BCUT2D eigenvalue weighted by molar-refractivity contribution is -0.00280. The van der Waals surface area contributed by atoms with Crippen LogP contribution in [0.4, 0.5) is 5.69 Å². The molecule has 4 N–H and O–H groups in total. The van der Waals surface area contributed by atoms with Crippen molar-refractivity contribution in [3.63, 3.8) is 0 Å². The molecule has 0 spiro atoms. The molecule has 1 aromatic rings. The first-order valence-electron chi connectivity index (χ1n) is 8.26. The van der Waals surface area contributed by atoms with E-state index in [2.05, 4.69) is 18.2 Å². The first-order valence-corrected chi connectivity index (χ1v) is 8.26. The van der Waals surface area contributed by atoms with Gasteiger partial charge in [-0.15, -0.1) is 0 Å². The average Bonchev–Trinajstić information content (AvgIpc) is 2.38. The van der Waals surface area contributed by atoms with Crippen LogP contribution in [-0.2, 0) is 0 Å². The van der Waals surface area contributed by atoms with E-state index in [4.69, 9.17) is 11.5 Å². The second-order valence-corrected chi connectivity index (χ2v) is 7.63. The second kappa shape index (κ2) is 4.49. The Bertz CT molecular complexity index is 492. The number of hydrogen-bond donors (Lipinski definition) is 2. The fourth-order valence-electron chi connectivity index (χ4n) is 5.66. The molecule has 2 nitrogen and oxygen atoms in total. The van der Waals surface area contributed by atoms with Gasteiger partial charge in [0.2, 0.25) is 0 Å². The highest BCUT2D eigenvalue weighted by Crippen LogP contribution is 2.59. The number of nitrogen functional groups attached to an aromatic ring is 1. The summed E-state index contributed by atoms with van der Waals surface area (Å²) in [4.78, 5) is 0. The topological polar surface area (TPSA) is 52.0 Å². The predicted octanol–water partition coefficient (Wildman–Crippen LogP) is 3.83. The van der Waals surface area contributed by atoms with E-state index >= 15 is 0 Å². The van der Waals surface area contributed by atoms with E-state index in [-0.39, 0.29) is 6.04 Å². The molecule has 108 valence electrons. The van der Waals surface area contributed by atoms with Gasteiger partial charge in [0, 0.05) is 11.7 Å². The van der Waals surface area contributed by atoms with E-state index in [0.29, 0.717) is 0 Å². The smallest absolute Gasteiger partial charge is 0.0362 e. The van der Waals surface area contributed by atoms with Gasteiger partial charge in [0.05, 0.1) is 0 Å². The summed E-state index contributed by atoms with van der Waals surface area (Å²) >= 11 is 0. The molecule has 4 saturated carbocycles. The normalized spacial score (nSPS) is 40.0. The van der Waals surface area contributed by atoms with Crippen LogP contribution in [0.1, 0.15) is 62.1 Å².